The first kappa shape index (κ1) is 14.0. The number of anilines is 1. The van der Waals surface area contributed by atoms with Gasteiger partial charge in [-0.1, -0.05) is 19.1 Å². The zero-order valence-electron chi connectivity index (χ0n) is 11.7. The van der Waals surface area contributed by atoms with Crippen LogP contribution in [0.1, 0.15) is 39.2 Å². The van der Waals surface area contributed by atoms with Gasteiger partial charge >= 0.3 is 0 Å². The molecule has 17 heavy (non-hydrogen) atoms. The van der Waals surface area contributed by atoms with E-state index in [1.165, 1.54) is 18.4 Å². The number of benzene rings is 1. The SMILES string of the molecule is CCC(C)(C)N(C)CCCc1cccc(N)c1. The second-order valence-electron chi connectivity index (χ2n) is 5.44. The highest BCUT2D eigenvalue weighted by molar-refractivity contribution is 5.40. The van der Waals surface area contributed by atoms with Crippen LogP contribution in [0.2, 0.25) is 0 Å². The largest absolute Gasteiger partial charge is 0.399 e. The summed E-state index contributed by atoms with van der Waals surface area (Å²) in [6, 6.07) is 8.20. The molecular weight excluding hydrogens is 208 g/mol. The maximum atomic E-state index is 5.77. The van der Waals surface area contributed by atoms with Gasteiger partial charge in [-0.05, 0) is 64.4 Å². The average Bonchev–Trinajstić information content (AvgIpc) is 2.29. The Morgan fingerprint density at radius 1 is 1.29 bits per heavy atom. The van der Waals surface area contributed by atoms with Gasteiger partial charge in [-0.2, -0.15) is 0 Å². The minimum Gasteiger partial charge on any atom is -0.399 e. The Balaban J connectivity index is 2.38. The van der Waals surface area contributed by atoms with Gasteiger partial charge in [-0.3, -0.25) is 0 Å². The van der Waals surface area contributed by atoms with Crippen molar-refractivity contribution in [3.05, 3.63) is 29.8 Å². The first-order valence-electron chi connectivity index (χ1n) is 6.51. The van der Waals surface area contributed by atoms with Gasteiger partial charge in [-0.25, -0.2) is 0 Å². The molecule has 1 aromatic carbocycles. The van der Waals surface area contributed by atoms with Crippen molar-refractivity contribution in [2.45, 2.75) is 45.6 Å². The molecule has 0 aromatic heterocycles. The molecule has 0 aliphatic carbocycles. The predicted molar refractivity (Wildman–Crippen MR) is 76.2 cm³/mol. The second-order valence-corrected chi connectivity index (χ2v) is 5.44. The molecule has 0 atom stereocenters. The number of hydrogen-bond acceptors (Lipinski definition) is 2. The molecule has 0 saturated heterocycles. The monoisotopic (exact) mass is 234 g/mol. The van der Waals surface area contributed by atoms with Crippen molar-refractivity contribution in [3.63, 3.8) is 0 Å². The quantitative estimate of drug-likeness (QED) is 0.765. The van der Waals surface area contributed by atoms with E-state index in [1.807, 2.05) is 12.1 Å². The highest BCUT2D eigenvalue weighted by Gasteiger charge is 2.19. The van der Waals surface area contributed by atoms with Crippen molar-refractivity contribution < 1.29 is 0 Å². The van der Waals surface area contributed by atoms with Crippen LogP contribution in [0, 0.1) is 0 Å². The van der Waals surface area contributed by atoms with Crippen LogP contribution in [0.15, 0.2) is 24.3 Å². The molecule has 0 amide bonds. The molecule has 1 aromatic rings. The summed E-state index contributed by atoms with van der Waals surface area (Å²) in [5.74, 6) is 0. The topological polar surface area (TPSA) is 29.3 Å². The normalized spacial score (nSPS) is 12.1. The molecule has 0 heterocycles. The van der Waals surface area contributed by atoms with Crippen LogP contribution in [-0.2, 0) is 6.42 Å². The number of aryl methyl sites for hydroxylation is 1. The molecule has 0 spiro atoms. The van der Waals surface area contributed by atoms with Crippen LogP contribution in [0.4, 0.5) is 5.69 Å². The number of hydrogen-bond donors (Lipinski definition) is 1. The lowest BCUT2D eigenvalue weighted by Gasteiger charge is -2.34. The Labute approximate surface area is 106 Å². The van der Waals surface area contributed by atoms with Crippen LogP contribution in [0.3, 0.4) is 0 Å². The maximum absolute atomic E-state index is 5.77. The number of rotatable bonds is 6. The average molecular weight is 234 g/mol. The van der Waals surface area contributed by atoms with Gasteiger partial charge in [0.2, 0.25) is 0 Å². The lowest BCUT2D eigenvalue weighted by molar-refractivity contribution is 0.149. The first-order chi connectivity index (χ1) is 7.95. The summed E-state index contributed by atoms with van der Waals surface area (Å²) in [5, 5.41) is 0. The van der Waals surface area contributed by atoms with Gasteiger partial charge in [0, 0.05) is 11.2 Å². The predicted octanol–water partition coefficient (Wildman–Crippen LogP) is 3.32. The van der Waals surface area contributed by atoms with Crippen molar-refractivity contribution >= 4 is 5.69 Å². The Kier molecular flexibility index (Phi) is 5.01. The zero-order valence-corrected chi connectivity index (χ0v) is 11.7. The summed E-state index contributed by atoms with van der Waals surface area (Å²) < 4.78 is 0. The Hall–Kier alpha value is -1.02. The van der Waals surface area contributed by atoms with E-state index < -0.39 is 0 Å². The van der Waals surface area contributed by atoms with Crippen molar-refractivity contribution in [1.29, 1.82) is 0 Å². The molecule has 0 aliphatic heterocycles. The van der Waals surface area contributed by atoms with Crippen LogP contribution in [-0.4, -0.2) is 24.0 Å². The third-order valence-electron chi connectivity index (χ3n) is 3.81. The molecule has 2 nitrogen and oxygen atoms in total. The minimum absolute atomic E-state index is 0.301. The molecule has 2 heteroatoms. The molecule has 96 valence electrons. The molecular formula is C15H26N2. The lowest BCUT2D eigenvalue weighted by atomic mass is 9.99. The summed E-state index contributed by atoms with van der Waals surface area (Å²) in [6.45, 7) is 7.98. The van der Waals surface area contributed by atoms with Crippen LogP contribution < -0.4 is 5.73 Å². The molecule has 0 saturated carbocycles. The fraction of sp³-hybridized carbons (Fsp3) is 0.600. The van der Waals surface area contributed by atoms with Gasteiger partial charge in [0.15, 0.2) is 0 Å². The fourth-order valence-electron chi connectivity index (χ4n) is 1.84. The van der Waals surface area contributed by atoms with E-state index in [9.17, 15) is 0 Å². The smallest absolute Gasteiger partial charge is 0.0316 e. The van der Waals surface area contributed by atoms with Gasteiger partial charge in [0.25, 0.3) is 0 Å². The maximum Gasteiger partial charge on any atom is 0.0316 e. The van der Waals surface area contributed by atoms with E-state index in [2.05, 4.69) is 44.9 Å². The van der Waals surface area contributed by atoms with Gasteiger partial charge in [0.05, 0.1) is 0 Å². The molecule has 0 bridgehead atoms. The summed E-state index contributed by atoms with van der Waals surface area (Å²) >= 11 is 0. The third kappa shape index (κ3) is 4.39. The van der Waals surface area contributed by atoms with Gasteiger partial charge < -0.3 is 10.6 Å². The molecule has 1 rings (SSSR count). The highest BCUT2D eigenvalue weighted by Crippen LogP contribution is 2.17. The first-order valence-corrected chi connectivity index (χ1v) is 6.51. The van der Waals surface area contributed by atoms with E-state index >= 15 is 0 Å². The molecule has 2 N–H and O–H groups in total. The van der Waals surface area contributed by atoms with Crippen LogP contribution in [0.5, 0.6) is 0 Å². The van der Waals surface area contributed by atoms with Crippen molar-refractivity contribution in [3.8, 4) is 0 Å². The van der Waals surface area contributed by atoms with Crippen molar-refractivity contribution in [2.24, 2.45) is 0 Å². The Bertz CT molecular complexity index is 345. The third-order valence-corrected chi connectivity index (χ3v) is 3.81. The number of nitrogen functional groups attached to an aromatic ring is 1. The molecule has 0 aliphatic rings. The van der Waals surface area contributed by atoms with E-state index in [0.717, 1.165) is 18.7 Å². The Morgan fingerprint density at radius 2 is 2.00 bits per heavy atom. The Morgan fingerprint density at radius 3 is 2.59 bits per heavy atom. The van der Waals surface area contributed by atoms with E-state index in [-0.39, 0.29) is 0 Å². The summed E-state index contributed by atoms with van der Waals surface area (Å²) in [4.78, 5) is 2.44. The van der Waals surface area contributed by atoms with Gasteiger partial charge in [-0.15, -0.1) is 0 Å². The van der Waals surface area contributed by atoms with Crippen LogP contribution in [0.25, 0.3) is 0 Å². The van der Waals surface area contributed by atoms with Crippen molar-refractivity contribution in [1.82, 2.24) is 4.90 Å². The molecule has 0 unspecified atom stereocenters. The summed E-state index contributed by atoms with van der Waals surface area (Å²) in [5.41, 5.74) is 8.28. The standard InChI is InChI=1S/C15H26N2/c1-5-15(2,3)17(4)11-7-9-13-8-6-10-14(16)12-13/h6,8,10,12H,5,7,9,11,16H2,1-4H3. The molecule has 0 fully saturated rings. The van der Waals surface area contributed by atoms with E-state index in [1.54, 1.807) is 0 Å². The highest BCUT2D eigenvalue weighted by atomic mass is 15.2. The number of nitrogens with zero attached hydrogens (tertiary/aromatic N) is 1. The lowest BCUT2D eigenvalue weighted by Crippen LogP contribution is -2.41. The zero-order chi connectivity index (χ0) is 12.9. The number of nitrogens with two attached hydrogens (primary N) is 1. The van der Waals surface area contributed by atoms with E-state index in [0.29, 0.717) is 5.54 Å². The molecule has 0 radical (unpaired) electrons. The fourth-order valence-corrected chi connectivity index (χ4v) is 1.84. The summed E-state index contributed by atoms with van der Waals surface area (Å²) in [7, 11) is 2.21. The summed E-state index contributed by atoms with van der Waals surface area (Å²) in [6.07, 6.45) is 3.47. The van der Waals surface area contributed by atoms with Crippen LogP contribution >= 0.6 is 0 Å². The second kappa shape index (κ2) is 6.06. The van der Waals surface area contributed by atoms with E-state index in [4.69, 9.17) is 5.73 Å². The minimum atomic E-state index is 0.301. The van der Waals surface area contributed by atoms with Gasteiger partial charge in [0.1, 0.15) is 0 Å². The van der Waals surface area contributed by atoms with Crippen molar-refractivity contribution in [2.75, 3.05) is 19.3 Å².